The molecule has 0 saturated heterocycles. The van der Waals surface area contributed by atoms with Crippen molar-refractivity contribution in [3.63, 3.8) is 0 Å². The third-order valence-corrected chi connectivity index (χ3v) is 4.84. The van der Waals surface area contributed by atoms with Gasteiger partial charge in [-0.25, -0.2) is 4.39 Å². The highest BCUT2D eigenvalue weighted by atomic mass is 35.5. The van der Waals surface area contributed by atoms with Crippen molar-refractivity contribution in [2.24, 2.45) is 0 Å². The van der Waals surface area contributed by atoms with Gasteiger partial charge >= 0.3 is 0 Å². The number of aryl methyl sites for hydroxylation is 1. The van der Waals surface area contributed by atoms with E-state index in [0.29, 0.717) is 10.7 Å². The van der Waals surface area contributed by atoms with Crippen LogP contribution < -0.4 is 5.32 Å². The fraction of sp³-hybridized carbons (Fsp3) is 0.174. The first-order chi connectivity index (χ1) is 13.4. The second-order valence-electron chi connectivity index (χ2n) is 6.79. The van der Waals surface area contributed by atoms with E-state index < -0.39 is 0 Å². The lowest BCUT2D eigenvalue weighted by atomic mass is 9.97. The standard InChI is InChI=1S/C23H22ClFN2O/c1-16-8-11-19(24)14-21(16)26-22(28)15-27(2)23(17-6-4-3-5-7-17)18-9-12-20(25)13-10-18/h3-14,23H,15H2,1-2H3,(H,26,28). The fourth-order valence-corrected chi connectivity index (χ4v) is 3.39. The van der Waals surface area contributed by atoms with E-state index in [9.17, 15) is 9.18 Å². The lowest BCUT2D eigenvalue weighted by Crippen LogP contribution is -2.34. The number of benzene rings is 3. The summed E-state index contributed by atoms with van der Waals surface area (Å²) >= 11 is 6.04. The van der Waals surface area contributed by atoms with E-state index in [1.807, 2.05) is 55.3 Å². The number of likely N-dealkylation sites (N-methyl/N-ethyl adjacent to an activating group) is 1. The molecule has 1 unspecified atom stereocenters. The van der Waals surface area contributed by atoms with Crippen molar-refractivity contribution in [1.82, 2.24) is 4.90 Å². The Morgan fingerprint density at radius 2 is 1.68 bits per heavy atom. The summed E-state index contributed by atoms with van der Waals surface area (Å²) in [4.78, 5) is 14.6. The van der Waals surface area contributed by atoms with Crippen LogP contribution in [0.1, 0.15) is 22.7 Å². The Balaban J connectivity index is 1.81. The van der Waals surface area contributed by atoms with Crippen LogP contribution in [0.15, 0.2) is 72.8 Å². The van der Waals surface area contributed by atoms with Crippen molar-refractivity contribution >= 4 is 23.2 Å². The molecule has 0 fully saturated rings. The van der Waals surface area contributed by atoms with Gasteiger partial charge in [0, 0.05) is 10.7 Å². The van der Waals surface area contributed by atoms with E-state index in [2.05, 4.69) is 5.32 Å². The molecule has 0 bridgehead atoms. The Hall–Kier alpha value is -2.69. The summed E-state index contributed by atoms with van der Waals surface area (Å²) in [7, 11) is 1.88. The first kappa shape index (κ1) is 20.1. The molecular weight excluding hydrogens is 375 g/mol. The second kappa shape index (κ2) is 9.00. The minimum Gasteiger partial charge on any atom is -0.325 e. The highest BCUT2D eigenvalue weighted by molar-refractivity contribution is 6.31. The smallest absolute Gasteiger partial charge is 0.238 e. The Bertz CT molecular complexity index is 945. The van der Waals surface area contributed by atoms with Crippen molar-refractivity contribution in [3.8, 4) is 0 Å². The molecule has 3 nitrogen and oxygen atoms in total. The number of carbonyl (C=O) groups excluding carboxylic acids is 1. The summed E-state index contributed by atoms with van der Waals surface area (Å²) in [5, 5.41) is 3.50. The zero-order valence-corrected chi connectivity index (χ0v) is 16.6. The van der Waals surface area contributed by atoms with Crippen LogP contribution >= 0.6 is 11.6 Å². The van der Waals surface area contributed by atoms with Gasteiger partial charge < -0.3 is 5.32 Å². The molecule has 3 rings (SSSR count). The Morgan fingerprint density at radius 1 is 1.04 bits per heavy atom. The van der Waals surface area contributed by atoms with Crippen molar-refractivity contribution in [1.29, 1.82) is 0 Å². The van der Waals surface area contributed by atoms with Crippen molar-refractivity contribution in [2.75, 3.05) is 18.9 Å². The zero-order chi connectivity index (χ0) is 20.1. The van der Waals surface area contributed by atoms with Gasteiger partial charge in [-0.3, -0.25) is 9.69 Å². The van der Waals surface area contributed by atoms with E-state index in [1.165, 1.54) is 12.1 Å². The Morgan fingerprint density at radius 3 is 2.36 bits per heavy atom. The summed E-state index contributed by atoms with van der Waals surface area (Å²) < 4.78 is 13.4. The maximum atomic E-state index is 13.4. The van der Waals surface area contributed by atoms with Crippen molar-refractivity contribution in [3.05, 3.63) is 100 Å². The van der Waals surface area contributed by atoms with E-state index >= 15 is 0 Å². The molecule has 144 valence electrons. The Labute approximate surface area is 169 Å². The number of nitrogens with one attached hydrogen (secondary N) is 1. The normalized spacial score (nSPS) is 12.0. The molecule has 5 heteroatoms. The quantitative estimate of drug-likeness (QED) is 0.601. The van der Waals surface area contributed by atoms with Gasteiger partial charge in [-0.1, -0.05) is 60.1 Å². The fourth-order valence-electron chi connectivity index (χ4n) is 3.22. The largest absolute Gasteiger partial charge is 0.325 e. The van der Waals surface area contributed by atoms with Gasteiger partial charge in [-0.2, -0.15) is 0 Å². The molecule has 1 amide bonds. The molecule has 0 aliphatic carbocycles. The van der Waals surface area contributed by atoms with E-state index in [0.717, 1.165) is 16.7 Å². The van der Waals surface area contributed by atoms with Gasteiger partial charge in [0.15, 0.2) is 0 Å². The number of nitrogens with zero attached hydrogens (tertiary/aromatic N) is 1. The maximum Gasteiger partial charge on any atom is 0.238 e. The Kier molecular flexibility index (Phi) is 6.45. The average Bonchev–Trinajstić information content (AvgIpc) is 2.67. The third-order valence-electron chi connectivity index (χ3n) is 4.61. The zero-order valence-electron chi connectivity index (χ0n) is 15.8. The van der Waals surface area contributed by atoms with Gasteiger partial charge in [0.2, 0.25) is 5.91 Å². The molecule has 3 aromatic rings. The van der Waals surface area contributed by atoms with Gasteiger partial charge in [0.1, 0.15) is 5.82 Å². The highest BCUT2D eigenvalue weighted by Gasteiger charge is 2.21. The van der Waals surface area contributed by atoms with Crippen molar-refractivity contribution < 1.29 is 9.18 Å². The average molecular weight is 397 g/mol. The number of anilines is 1. The van der Waals surface area contributed by atoms with Crippen LogP contribution in [-0.2, 0) is 4.79 Å². The predicted molar refractivity (Wildman–Crippen MR) is 112 cm³/mol. The van der Waals surface area contributed by atoms with Crippen LogP contribution in [0.3, 0.4) is 0 Å². The maximum absolute atomic E-state index is 13.4. The molecular formula is C23H22ClFN2O. The first-order valence-electron chi connectivity index (χ1n) is 9.00. The number of carbonyl (C=O) groups is 1. The van der Waals surface area contributed by atoms with Crippen LogP contribution in [0, 0.1) is 12.7 Å². The van der Waals surface area contributed by atoms with Crippen LogP contribution in [0.4, 0.5) is 10.1 Å². The topological polar surface area (TPSA) is 32.3 Å². The predicted octanol–water partition coefficient (Wildman–Crippen LogP) is 5.45. The van der Waals surface area contributed by atoms with Gasteiger partial charge in [-0.05, 0) is 54.9 Å². The monoisotopic (exact) mass is 396 g/mol. The molecule has 3 aromatic carbocycles. The number of halogens is 2. The SMILES string of the molecule is Cc1ccc(Cl)cc1NC(=O)CN(C)C(c1ccccc1)c1ccc(F)cc1. The number of hydrogen-bond acceptors (Lipinski definition) is 2. The molecule has 0 heterocycles. The van der Waals surface area contributed by atoms with Crippen LogP contribution in [0.5, 0.6) is 0 Å². The van der Waals surface area contributed by atoms with Crippen LogP contribution in [0.25, 0.3) is 0 Å². The molecule has 0 saturated carbocycles. The first-order valence-corrected chi connectivity index (χ1v) is 9.38. The van der Waals surface area contributed by atoms with Crippen LogP contribution in [-0.4, -0.2) is 24.4 Å². The summed E-state index contributed by atoms with van der Waals surface area (Å²) in [5.41, 5.74) is 3.59. The van der Waals surface area contributed by atoms with Gasteiger partial charge in [0.05, 0.1) is 12.6 Å². The minimum absolute atomic E-state index is 0.143. The molecule has 0 aliphatic rings. The summed E-state index contributed by atoms with van der Waals surface area (Å²) in [6.45, 7) is 2.09. The molecule has 28 heavy (non-hydrogen) atoms. The number of rotatable bonds is 6. The van der Waals surface area contributed by atoms with E-state index in [-0.39, 0.29) is 24.3 Å². The lowest BCUT2D eigenvalue weighted by molar-refractivity contribution is -0.117. The summed E-state index contributed by atoms with van der Waals surface area (Å²) in [5.74, 6) is -0.428. The van der Waals surface area contributed by atoms with Gasteiger partial charge in [-0.15, -0.1) is 0 Å². The molecule has 0 aromatic heterocycles. The summed E-state index contributed by atoms with van der Waals surface area (Å²) in [6.07, 6.45) is 0. The highest BCUT2D eigenvalue weighted by Crippen LogP contribution is 2.28. The minimum atomic E-state index is -0.285. The molecule has 1 N–H and O–H groups in total. The lowest BCUT2D eigenvalue weighted by Gasteiger charge is -2.28. The summed E-state index contributed by atoms with van der Waals surface area (Å²) in [6, 6.07) is 21.5. The van der Waals surface area contributed by atoms with Crippen LogP contribution in [0.2, 0.25) is 5.02 Å². The molecule has 0 spiro atoms. The van der Waals surface area contributed by atoms with E-state index in [1.54, 1.807) is 24.3 Å². The van der Waals surface area contributed by atoms with Gasteiger partial charge in [0.25, 0.3) is 0 Å². The molecule has 1 atom stereocenters. The van der Waals surface area contributed by atoms with E-state index in [4.69, 9.17) is 11.6 Å². The molecule has 0 aliphatic heterocycles. The number of hydrogen-bond donors (Lipinski definition) is 1. The third kappa shape index (κ3) is 4.97. The second-order valence-corrected chi connectivity index (χ2v) is 7.22. The molecule has 0 radical (unpaired) electrons. The van der Waals surface area contributed by atoms with Crippen molar-refractivity contribution in [2.45, 2.75) is 13.0 Å². The number of amides is 1.